The first-order valence-electron chi connectivity index (χ1n) is 16.1. The van der Waals surface area contributed by atoms with Gasteiger partial charge in [0.25, 0.3) is 0 Å². The monoisotopic (exact) mass is 747 g/mol. The number of ether oxygens (including phenoxy) is 3. The summed E-state index contributed by atoms with van der Waals surface area (Å²) in [5.41, 5.74) is 2.71. The molecule has 5 aromatic rings. The summed E-state index contributed by atoms with van der Waals surface area (Å²) in [5.74, 6) is 2.18. The molecule has 0 saturated carbocycles. The van der Waals surface area contributed by atoms with Gasteiger partial charge in [-0.15, -0.1) is 0 Å². The van der Waals surface area contributed by atoms with Gasteiger partial charge < -0.3 is 35.1 Å². The maximum absolute atomic E-state index is 13.4. The number of nitrogens with one attached hydrogen (secondary N) is 4. The number of methoxy groups -OCH3 is 2. The highest BCUT2D eigenvalue weighted by atomic mass is 32.2. The normalized spacial score (nSPS) is 12.8. The molecule has 0 spiro atoms. The minimum atomic E-state index is -3.64. The Labute approximate surface area is 303 Å². The number of nitrogens with zero attached hydrogens (tertiary/aromatic N) is 1. The lowest BCUT2D eigenvalue weighted by Crippen LogP contribution is -2.22. The van der Waals surface area contributed by atoms with Crippen LogP contribution in [-0.2, 0) is 26.2 Å². The molecule has 274 valence electrons. The Bertz CT molecular complexity index is 2290. The first-order valence-corrected chi connectivity index (χ1v) is 20.3. The number of anilines is 5. The van der Waals surface area contributed by atoms with Gasteiger partial charge in [0.2, 0.25) is 17.4 Å². The zero-order valence-corrected chi connectivity index (χ0v) is 31.6. The third-order valence-corrected chi connectivity index (χ3v) is 9.34. The molecule has 1 unspecified atom stereocenters. The van der Waals surface area contributed by atoms with E-state index >= 15 is 0 Å². The number of hydrogen-bond donors (Lipinski definition) is 5. The van der Waals surface area contributed by atoms with E-state index in [2.05, 4.69) is 25.7 Å². The highest BCUT2D eigenvalue weighted by molar-refractivity contribution is 7.92. The van der Waals surface area contributed by atoms with Crippen molar-refractivity contribution in [1.82, 2.24) is 4.98 Å². The second-order valence-electron chi connectivity index (χ2n) is 13.3. The summed E-state index contributed by atoms with van der Waals surface area (Å²) in [6.45, 7) is 7.24. The van der Waals surface area contributed by atoms with Crippen LogP contribution in [0.15, 0.2) is 85.1 Å². The summed E-state index contributed by atoms with van der Waals surface area (Å²) >= 11 is 0. The van der Waals surface area contributed by atoms with E-state index in [0.29, 0.717) is 45.4 Å². The topological polar surface area (TPSA) is 177 Å². The maximum atomic E-state index is 13.4. The number of aromatic nitrogens is 1. The number of rotatable bonds is 12. The molecule has 1 heterocycles. The summed E-state index contributed by atoms with van der Waals surface area (Å²) in [5, 5.41) is 10.4. The summed E-state index contributed by atoms with van der Waals surface area (Å²) in [6, 6.07) is 22.5. The van der Waals surface area contributed by atoms with Crippen LogP contribution in [0.4, 0.5) is 33.4 Å². The predicted molar refractivity (Wildman–Crippen MR) is 207 cm³/mol. The lowest BCUT2D eigenvalue weighted by molar-refractivity contribution is 0.262. The Hall–Kier alpha value is -5.30. The van der Waals surface area contributed by atoms with Gasteiger partial charge in [0, 0.05) is 47.0 Å². The molecular formula is C37H42N5O8PS. The van der Waals surface area contributed by atoms with Crippen LogP contribution in [0.3, 0.4) is 0 Å². The van der Waals surface area contributed by atoms with E-state index in [-0.39, 0.29) is 28.7 Å². The van der Waals surface area contributed by atoms with Crippen LogP contribution >= 0.6 is 7.37 Å². The van der Waals surface area contributed by atoms with Crippen LogP contribution in [0.25, 0.3) is 10.8 Å². The fourth-order valence-corrected chi connectivity index (χ4v) is 6.93. The molecule has 0 radical (unpaired) electrons. The molecule has 0 saturated heterocycles. The van der Waals surface area contributed by atoms with Gasteiger partial charge in [-0.2, -0.15) is 0 Å². The second kappa shape index (κ2) is 15.1. The highest BCUT2D eigenvalue weighted by Crippen LogP contribution is 2.43. The van der Waals surface area contributed by atoms with Gasteiger partial charge in [0.1, 0.15) is 23.1 Å². The van der Waals surface area contributed by atoms with Crippen molar-refractivity contribution in [2.75, 3.05) is 47.8 Å². The zero-order chi connectivity index (χ0) is 37.8. The molecule has 0 aliphatic heterocycles. The van der Waals surface area contributed by atoms with E-state index in [0.717, 1.165) is 17.2 Å². The van der Waals surface area contributed by atoms with Gasteiger partial charge in [-0.05, 0) is 47.4 Å². The molecule has 0 aliphatic carbocycles. The van der Waals surface area contributed by atoms with Crippen molar-refractivity contribution in [2.24, 2.45) is 0 Å². The Morgan fingerprint density at radius 1 is 0.865 bits per heavy atom. The summed E-state index contributed by atoms with van der Waals surface area (Å²) < 4.78 is 56.0. The number of benzene rings is 4. The average molecular weight is 748 g/mol. The Balaban J connectivity index is 1.37. The molecule has 5 N–H and O–H groups in total. The molecule has 1 atom stereocenters. The first kappa shape index (κ1) is 37.9. The van der Waals surface area contributed by atoms with Gasteiger partial charge in [0.15, 0.2) is 5.75 Å². The number of carbonyl (C=O) groups excluding carboxylic acids is 1. The molecular weight excluding hydrogens is 705 g/mol. The number of sulfonamides is 1. The predicted octanol–water partition coefficient (Wildman–Crippen LogP) is 8.50. The fraction of sp³-hybridized carbons (Fsp3) is 0.243. The van der Waals surface area contributed by atoms with Crippen molar-refractivity contribution in [3.63, 3.8) is 0 Å². The number of carbonyl (C=O) groups is 1. The molecule has 13 nitrogen and oxygen atoms in total. The minimum absolute atomic E-state index is 0.00309. The molecule has 2 amide bonds. The third-order valence-electron chi connectivity index (χ3n) is 7.82. The quantitative estimate of drug-likeness (QED) is 0.0778. The van der Waals surface area contributed by atoms with Crippen molar-refractivity contribution in [3.05, 3.63) is 96.2 Å². The minimum Gasteiger partial charge on any atom is -0.496 e. The summed E-state index contributed by atoms with van der Waals surface area (Å²) in [7, 11) is -4.02. The zero-order valence-electron chi connectivity index (χ0n) is 29.9. The van der Waals surface area contributed by atoms with Crippen molar-refractivity contribution in [3.8, 4) is 23.0 Å². The fourth-order valence-electron chi connectivity index (χ4n) is 5.48. The number of amides is 2. The molecule has 0 bridgehead atoms. The number of pyridine rings is 1. The van der Waals surface area contributed by atoms with Crippen LogP contribution in [0.2, 0.25) is 0 Å². The number of fused-ring (bicyclic) bond motifs is 1. The van der Waals surface area contributed by atoms with E-state index < -0.39 is 23.4 Å². The summed E-state index contributed by atoms with van der Waals surface area (Å²) in [4.78, 5) is 27.7. The highest BCUT2D eigenvalue weighted by Gasteiger charge is 2.23. The smallest absolute Gasteiger partial charge is 0.323 e. The van der Waals surface area contributed by atoms with Gasteiger partial charge >= 0.3 is 6.03 Å². The molecule has 1 aromatic heterocycles. The second-order valence-corrected chi connectivity index (χ2v) is 17.5. The van der Waals surface area contributed by atoms with Crippen LogP contribution in [0.1, 0.15) is 31.9 Å². The largest absolute Gasteiger partial charge is 0.496 e. The average Bonchev–Trinajstić information content (AvgIpc) is 3.05. The van der Waals surface area contributed by atoms with E-state index in [1.807, 2.05) is 45.0 Å². The SMILES string of the molecule is COc1cc(Nc2cc(Oc3ccc(NC(=O)Nc4cc(C(C)(C)C)cc(NS(C)(=O)=O)c4OC)c4ccccc34)ccn2)ccc1CP(C)(=O)O. The molecule has 52 heavy (non-hydrogen) atoms. The van der Waals surface area contributed by atoms with Crippen molar-refractivity contribution >= 4 is 62.8 Å². The molecule has 15 heteroatoms. The van der Waals surface area contributed by atoms with Gasteiger partial charge in [-0.1, -0.05) is 51.1 Å². The van der Waals surface area contributed by atoms with Crippen LogP contribution in [-0.4, -0.2) is 51.5 Å². The summed E-state index contributed by atoms with van der Waals surface area (Å²) in [6.07, 6.45) is 2.64. The van der Waals surface area contributed by atoms with E-state index in [9.17, 15) is 22.7 Å². The van der Waals surface area contributed by atoms with Crippen molar-refractivity contribution in [2.45, 2.75) is 32.3 Å². The lowest BCUT2D eigenvalue weighted by Gasteiger charge is -2.24. The Kier molecular flexibility index (Phi) is 11.0. The van der Waals surface area contributed by atoms with E-state index in [1.165, 1.54) is 20.9 Å². The first-order chi connectivity index (χ1) is 24.4. The molecule has 4 aromatic carbocycles. The van der Waals surface area contributed by atoms with Crippen LogP contribution in [0, 0.1) is 0 Å². The molecule has 0 fully saturated rings. The number of urea groups is 1. The van der Waals surface area contributed by atoms with Crippen LogP contribution < -0.4 is 34.9 Å². The van der Waals surface area contributed by atoms with Gasteiger partial charge in [-0.3, -0.25) is 9.29 Å². The lowest BCUT2D eigenvalue weighted by atomic mass is 9.86. The van der Waals surface area contributed by atoms with Crippen molar-refractivity contribution < 1.29 is 36.9 Å². The molecule has 0 aliphatic rings. The molecule has 5 rings (SSSR count). The standard InChI is InChI=1S/C37H42N5O8PS/c1-37(2,3)24-18-30(35(49-5)31(19-24)42-52(7,46)47)41-36(43)40-29-14-15-32(28-11-9-8-10-27(28)29)50-26-16-17-38-34(21-26)39-25-13-12-23(22-51(6,44)45)33(20-25)48-4/h8-21,42H,22H2,1-7H3,(H,38,39)(H,44,45)(H2,40,41,43). The Morgan fingerprint density at radius 2 is 1.56 bits per heavy atom. The third kappa shape index (κ3) is 9.72. The van der Waals surface area contributed by atoms with Gasteiger partial charge in [0.05, 0.1) is 43.7 Å². The number of hydrogen-bond acceptors (Lipinski definition) is 9. The van der Waals surface area contributed by atoms with E-state index in [4.69, 9.17) is 14.2 Å². The van der Waals surface area contributed by atoms with Gasteiger partial charge in [-0.25, -0.2) is 18.2 Å². The Morgan fingerprint density at radius 3 is 2.21 bits per heavy atom. The van der Waals surface area contributed by atoms with Crippen molar-refractivity contribution in [1.29, 1.82) is 0 Å². The van der Waals surface area contributed by atoms with E-state index in [1.54, 1.807) is 60.8 Å². The van der Waals surface area contributed by atoms with Crippen LogP contribution in [0.5, 0.6) is 23.0 Å². The maximum Gasteiger partial charge on any atom is 0.323 e.